The summed E-state index contributed by atoms with van der Waals surface area (Å²) < 4.78 is 0. The number of carbonyl (C=O) groups is 3. The Hall–Kier alpha value is -2.80. The minimum Gasteiger partial charge on any atom is -0.341 e. The van der Waals surface area contributed by atoms with Crippen LogP contribution in [0.25, 0.3) is 0 Å². The molecule has 29 heavy (non-hydrogen) atoms. The summed E-state index contributed by atoms with van der Waals surface area (Å²) in [5.74, 6) is -0.773. The number of carbonyl (C=O) groups excluding carboxylic acids is 3. The van der Waals surface area contributed by atoms with E-state index in [1.807, 2.05) is 42.5 Å². The van der Waals surface area contributed by atoms with Crippen molar-refractivity contribution in [2.75, 3.05) is 29.9 Å². The molecule has 0 unspecified atom stereocenters. The number of amides is 3. The third-order valence-electron chi connectivity index (χ3n) is 5.14. The van der Waals surface area contributed by atoms with Gasteiger partial charge in [-0.05, 0) is 43.5 Å². The molecule has 1 saturated heterocycles. The number of anilines is 2. The molecule has 1 fully saturated rings. The average molecular weight is 410 g/mol. The lowest BCUT2D eigenvalue weighted by Gasteiger charge is -2.36. The lowest BCUT2D eigenvalue weighted by molar-refractivity contribution is -0.135. The van der Waals surface area contributed by atoms with Crippen LogP contribution in [0.3, 0.4) is 0 Å². The number of thioether (sulfide) groups is 1. The molecular weight excluding hydrogens is 386 g/mol. The maximum absolute atomic E-state index is 13.2. The number of hydrogen-bond donors (Lipinski definition) is 1. The number of benzene rings is 2. The molecule has 1 atom stereocenters. The summed E-state index contributed by atoms with van der Waals surface area (Å²) in [6.45, 7) is 1.26. The van der Waals surface area contributed by atoms with E-state index in [9.17, 15) is 14.4 Å². The molecule has 0 aromatic heterocycles. The Morgan fingerprint density at radius 2 is 1.66 bits per heavy atom. The number of likely N-dealkylation sites (tertiary alicyclic amines) is 1. The van der Waals surface area contributed by atoms with Gasteiger partial charge in [-0.3, -0.25) is 14.4 Å². The summed E-state index contributed by atoms with van der Waals surface area (Å²) in [7, 11) is 0. The van der Waals surface area contributed by atoms with Crippen molar-refractivity contribution in [2.45, 2.75) is 29.4 Å². The molecule has 0 bridgehead atoms. The third-order valence-corrected chi connectivity index (χ3v) is 6.38. The van der Waals surface area contributed by atoms with E-state index in [-0.39, 0.29) is 24.3 Å². The number of fused-ring (bicyclic) bond motifs is 1. The number of nitrogens with one attached hydrogen (secondary N) is 1. The summed E-state index contributed by atoms with van der Waals surface area (Å²) in [5.41, 5.74) is 1.35. The summed E-state index contributed by atoms with van der Waals surface area (Å²) in [4.78, 5) is 43.0. The highest BCUT2D eigenvalue weighted by Gasteiger charge is 2.40. The molecular formula is C22H23N3O3S. The normalized spacial score (nSPS) is 18.9. The van der Waals surface area contributed by atoms with Crippen molar-refractivity contribution < 1.29 is 14.4 Å². The van der Waals surface area contributed by atoms with Gasteiger partial charge in [0.1, 0.15) is 6.54 Å². The van der Waals surface area contributed by atoms with Gasteiger partial charge in [0, 0.05) is 23.7 Å². The number of hydrogen-bond acceptors (Lipinski definition) is 4. The highest BCUT2D eigenvalue weighted by Crippen LogP contribution is 2.39. The van der Waals surface area contributed by atoms with E-state index < -0.39 is 5.25 Å². The second-order valence-electron chi connectivity index (χ2n) is 7.19. The van der Waals surface area contributed by atoms with Crippen molar-refractivity contribution in [3.63, 3.8) is 0 Å². The van der Waals surface area contributed by atoms with Crippen molar-refractivity contribution in [3.8, 4) is 0 Å². The first kappa shape index (κ1) is 19.5. The van der Waals surface area contributed by atoms with Crippen molar-refractivity contribution in [2.24, 2.45) is 0 Å². The van der Waals surface area contributed by atoms with Crippen LogP contribution >= 0.6 is 11.8 Å². The fourth-order valence-corrected chi connectivity index (χ4v) is 4.87. The Morgan fingerprint density at radius 3 is 2.41 bits per heavy atom. The molecule has 0 saturated carbocycles. The van der Waals surface area contributed by atoms with Crippen LogP contribution in [0.2, 0.25) is 0 Å². The van der Waals surface area contributed by atoms with Gasteiger partial charge in [-0.15, -0.1) is 11.8 Å². The molecule has 6 nitrogen and oxygen atoms in total. The first-order chi connectivity index (χ1) is 14.1. The quantitative estimate of drug-likeness (QED) is 0.788. The second kappa shape index (κ2) is 8.69. The smallest absolute Gasteiger partial charge is 0.250 e. The van der Waals surface area contributed by atoms with Gasteiger partial charge < -0.3 is 15.1 Å². The van der Waals surface area contributed by atoms with Crippen LogP contribution in [-0.2, 0) is 14.4 Å². The molecule has 3 amide bonds. The predicted molar refractivity (Wildman–Crippen MR) is 114 cm³/mol. The summed E-state index contributed by atoms with van der Waals surface area (Å²) in [6.07, 6.45) is 3.05. The molecule has 0 spiro atoms. The van der Waals surface area contributed by atoms with E-state index in [4.69, 9.17) is 0 Å². The zero-order valence-corrected chi connectivity index (χ0v) is 16.9. The van der Waals surface area contributed by atoms with Gasteiger partial charge in [-0.1, -0.05) is 30.3 Å². The monoisotopic (exact) mass is 409 g/mol. The Labute approximate surface area is 174 Å². The van der Waals surface area contributed by atoms with E-state index in [2.05, 4.69) is 5.32 Å². The molecule has 2 heterocycles. The minimum atomic E-state index is -0.840. The molecule has 0 aliphatic carbocycles. The molecule has 0 radical (unpaired) electrons. The zero-order chi connectivity index (χ0) is 20.2. The molecule has 1 N–H and O–H groups in total. The van der Waals surface area contributed by atoms with E-state index in [0.29, 0.717) is 24.5 Å². The zero-order valence-electron chi connectivity index (χ0n) is 16.0. The van der Waals surface area contributed by atoms with E-state index in [1.165, 1.54) is 16.7 Å². The van der Waals surface area contributed by atoms with Gasteiger partial charge in [0.2, 0.25) is 11.8 Å². The van der Waals surface area contributed by atoms with E-state index >= 15 is 0 Å². The maximum Gasteiger partial charge on any atom is 0.250 e. The molecule has 7 heteroatoms. The number of rotatable bonds is 4. The van der Waals surface area contributed by atoms with Crippen LogP contribution in [0.1, 0.15) is 19.3 Å². The van der Waals surface area contributed by atoms with Crippen LogP contribution in [0.5, 0.6) is 0 Å². The van der Waals surface area contributed by atoms with Crippen molar-refractivity contribution in [3.05, 3.63) is 54.6 Å². The predicted octanol–water partition coefficient (Wildman–Crippen LogP) is 3.15. The average Bonchev–Trinajstić information content (AvgIpc) is 2.76. The Balaban J connectivity index is 1.55. The highest BCUT2D eigenvalue weighted by molar-refractivity contribution is 8.01. The topological polar surface area (TPSA) is 69.7 Å². The first-order valence-corrected chi connectivity index (χ1v) is 10.7. The van der Waals surface area contributed by atoms with Crippen molar-refractivity contribution >= 4 is 40.9 Å². The van der Waals surface area contributed by atoms with Gasteiger partial charge in [-0.2, -0.15) is 0 Å². The van der Waals surface area contributed by atoms with Crippen molar-refractivity contribution in [1.29, 1.82) is 0 Å². The van der Waals surface area contributed by atoms with E-state index in [1.54, 1.807) is 17.0 Å². The van der Waals surface area contributed by atoms with Crippen LogP contribution < -0.4 is 10.2 Å². The van der Waals surface area contributed by atoms with Gasteiger partial charge in [0.15, 0.2) is 5.25 Å². The Kier molecular flexibility index (Phi) is 5.85. The van der Waals surface area contributed by atoms with Crippen LogP contribution in [0.15, 0.2) is 59.5 Å². The largest absolute Gasteiger partial charge is 0.341 e. The van der Waals surface area contributed by atoms with Gasteiger partial charge in [0.05, 0.1) is 5.69 Å². The number of nitrogens with zero attached hydrogens (tertiary/aromatic N) is 2. The molecule has 2 aromatic carbocycles. The van der Waals surface area contributed by atoms with E-state index in [0.717, 1.165) is 24.2 Å². The van der Waals surface area contributed by atoms with Crippen LogP contribution in [-0.4, -0.2) is 47.5 Å². The van der Waals surface area contributed by atoms with Crippen molar-refractivity contribution in [1.82, 2.24) is 4.90 Å². The standard InChI is InChI=1S/C22H23N3O3S/c26-19(23-16-9-3-1-4-10-16)15-25-17-11-5-6-12-18(17)29-20(22(25)28)21(27)24-13-7-2-8-14-24/h1,3-6,9-12,20H,2,7-8,13-15H2,(H,23,26)/t20-/m0/s1. The highest BCUT2D eigenvalue weighted by atomic mass is 32.2. The molecule has 2 aliphatic heterocycles. The Morgan fingerprint density at radius 1 is 0.966 bits per heavy atom. The van der Waals surface area contributed by atoms with Gasteiger partial charge in [0.25, 0.3) is 5.91 Å². The summed E-state index contributed by atoms with van der Waals surface area (Å²) in [6, 6.07) is 16.6. The molecule has 150 valence electrons. The fraction of sp³-hybridized carbons (Fsp3) is 0.318. The fourth-order valence-electron chi connectivity index (χ4n) is 3.68. The van der Waals surface area contributed by atoms with Gasteiger partial charge in [-0.25, -0.2) is 0 Å². The third kappa shape index (κ3) is 4.29. The lowest BCUT2D eigenvalue weighted by Crippen LogP contribution is -2.52. The number of piperidine rings is 1. The Bertz CT molecular complexity index is 913. The maximum atomic E-state index is 13.2. The second-order valence-corrected chi connectivity index (χ2v) is 8.34. The molecule has 2 aromatic rings. The molecule has 4 rings (SSSR count). The first-order valence-electron chi connectivity index (χ1n) is 9.84. The number of para-hydroxylation sites is 2. The summed E-state index contributed by atoms with van der Waals surface area (Å²) >= 11 is 1.29. The lowest BCUT2D eigenvalue weighted by atomic mass is 10.1. The molecule has 2 aliphatic rings. The SMILES string of the molecule is O=C(CN1C(=O)[C@H](C(=O)N2CCCCC2)Sc2ccccc21)Nc1ccccc1. The summed E-state index contributed by atoms with van der Waals surface area (Å²) in [5, 5.41) is 1.97. The van der Waals surface area contributed by atoms with Gasteiger partial charge >= 0.3 is 0 Å². The minimum absolute atomic E-state index is 0.130. The van der Waals surface area contributed by atoms with Crippen LogP contribution in [0.4, 0.5) is 11.4 Å². The van der Waals surface area contributed by atoms with Crippen LogP contribution in [0, 0.1) is 0 Å².